The van der Waals surface area contributed by atoms with E-state index in [9.17, 15) is 9.90 Å². The smallest absolute Gasteiger partial charge is 0.307 e. The topological polar surface area (TPSA) is 72.5 Å². The molecule has 4 nitrogen and oxygen atoms in total. The molecule has 0 amide bonds. The lowest BCUT2D eigenvalue weighted by Gasteiger charge is -2.12. The van der Waals surface area contributed by atoms with Crippen molar-refractivity contribution < 1.29 is 14.6 Å². The van der Waals surface area contributed by atoms with Gasteiger partial charge in [0.25, 0.3) is 0 Å². The Morgan fingerprint density at radius 1 is 1.67 bits per heavy atom. The van der Waals surface area contributed by atoms with Crippen LogP contribution in [0.25, 0.3) is 0 Å². The van der Waals surface area contributed by atoms with E-state index in [1.165, 1.54) is 13.2 Å². The molecule has 0 saturated carbocycles. The first kappa shape index (κ1) is 12.0. The van der Waals surface area contributed by atoms with Crippen LogP contribution < -0.4 is 5.73 Å². The molecule has 0 spiro atoms. The van der Waals surface area contributed by atoms with Gasteiger partial charge in [-0.2, -0.15) is 0 Å². The second-order valence-corrected chi connectivity index (χ2v) is 4.01. The van der Waals surface area contributed by atoms with Gasteiger partial charge in [-0.05, 0) is 18.2 Å². The van der Waals surface area contributed by atoms with Crippen molar-refractivity contribution in [3.05, 3.63) is 28.2 Å². The van der Waals surface area contributed by atoms with Crippen LogP contribution in [0.4, 0.5) is 0 Å². The summed E-state index contributed by atoms with van der Waals surface area (Å²) in [6.07, 6.45) is 0.0422. The van der Waals surface area contributed by atoms with Gasteiger partial charge in [0.15, 0.2) is 0 Å². The Balaban J connectivity index is 2.85. The number of carbonyl (C=O) groups excluding carboxylic acids is 1. The van der Waals surface area contributed by atoms with Crippen molar-refractivity contribution in [2.24, 2.45) is 5.73 Å². The van der Waals surface area contributed by atoms with E-state index in [1.54, 1.807) is 12.1 Å². The quantitative estimate of drug-likeness (QED) is 0.823. The molecular weight excluding hydrogens is 262 g/mol. The maximum Gasteiger partial charge on any atom is 0.307 e. The van der Waals surface area contributed by atoms with Crippen LogP contribution >= 0.6 is 15.9 Å². The molecule has 15 heavy (non-hydrogen) atoms. The Kier molecular flexibility index (Phi) is 4.11. The Morgan fingerprint density at radius 2 is 2.33 bits per heavy atom. The second-order valence-electron chi connectivity index (χ2n) is 3.09. The Labute approximate surface area is 96.2 Å². The summed E-state index contributed by atoms with van der Waals surface area (Å²) >= 11 is 3.27. The van der Waals surface area contributed by atoms with E-state index in [4.69, 9.17) is 5.73 Å². The number of phenols is 1. The molecule has 0 fully saturated rings. The zero-order chi connectivity index (χ0) is 11.4. The van der Waals surface area contributed by atoms with Crippen LogP contribution in [-0.4, -0.2) is 18.2 Å². The number of nitrogens with two attached hydrogens (primary N) is 1. The van der Waals surface area contributed by atoms with Gasteiger partial charge in [-0.15, -0.1) is 0 Å². The summed E-state index contributed by atoms with van der Waals surface area (Å²) in [4.78, 5) is 11.0. The van der Waals surface area contributed by atoms with E-state index in [-0.39, 0.29) is 12.2 Å². The lowest BCUT2D eigenvalue weighted by atomic mass is 10.0. The van der Waals surface area contributed by atoms with Crippen molar-refractivity contribution in [3.63, 3.8) is 0 Å². The molecule has 1 aromatic rings. The van der Waals surface area contributed by atoms with Crippen LogP contribution in [0, 0.1) is 0 Å². The zero-order valence-corrected chi connectivity index (χ0v) is 9.82. The summed E-state index contributed by atoms with van der Waals surface area (Å²) in [7, 11) is 1.30. The molecule has 82 valence electrons. The number of benzene rings is 1. The fourth-order valence-corrected chi connectivity index (χ4v) is 1.57. The predicted octanol–water partition coefficient (Wildman–Crippen LogP) is 1.72. The highest BCUT2D eigenvalue weighted by atomic mass is 79.9. The van der Waals surface area contributed by atoms with E-state index in [2.05, 4.69) is 20.7 Å². The number of carbonyl (C=O) groups is 1. The van der Waals surface area contributed by atoms with Gasteiger partial charge >= 0.3 is 5.97 Å². The molecule has 0 aromatic heterocycles. The van der Waals surface area contributed by atoms with Crippen molar-refractivity contribution in [3.8, 4) is 5.75 Å². The van der Waals surface area contributed by atoms with Gasteiger partial charge in [0.1, 0.15) is 5.75 Å². The first-order chi connectivity index (χ1) is 7.04. The summed E-state index contributed by atoms with van der Waals surface area (Å²) in [6, 6.07) is 4.35. The summed E-state index contributed by atoms with van der Waals surface area (Å²) in [5.41, 5.74) is 6.28. The fraction of sp³-hybridized carbons (Fsp3) is 0.300. The SMILES string of the molecule is COC(=O)C[C@@H](N)c1cc(Br)ccc1O. The first-order valence-electron chi connectivity index (χ1n) is 4.35. The monoisotopic (exact) mass is 273 g/mol. The van der Waals surface area contributed by atoms with Crippen LogP contribution in [-0.2, 0) is 9.53 Å². The van der Waals surface area contributed by atoms with E-state index in [0.717, 1.165) is 4.47 Å². The number of aromatic hydroxyl groups is 1. The van der Waals surface area contributed by atoms with E-state index >= 15 is 0 Å². The summed E-state index contributed by atoms with van der Waals surface area (Å²) in [6.45, 7) is 0. The molecule has 1 atom stereocenters. The lowest BCUT2D eigenvalue weighted by Crippen LogP contribution is -2.16. The van der Waals surface area contributed by atoms with Gasteiger partial charge in [0.05, 0.1) is 13.5 Å². The molecule has 0 aliphatic heterocycles. The van der Waals surface area contributed by atoms with Gasteiger partial charge in [0.2, 0.25) is 0 Å². The predicted molar refractivity (Wildman–Crippen MR) is 59.4 cm³/mol. The summed E-state index contributed by atoms with van der Waals surface area (Å²) in [5, 5.41) is 9.54. The molecule has 0 unspecified atom stereocenters. The van der Waals surface area contributed by atoms with Crippen molar-refractivity contribution in [1.82, 2.24) is 0 Å². The van der Waals surface area contributed by atoms with E-state index in [0.29, 0.717) is 5.56 Å². The third-order valence-corrected chi connectivity index (χ3v) is 2.50. The summed E-state index contributed by atoms with van der Waals surface area (Å²) in [5.74, 6) is -0.323. The fourth-order valence-electron chi connectivity index (χ4n) is 1.20. The number of hydrogen-bond donors (Lipinski definition) is 2. The van der Waals surface area contributed by atoms with Gasteiger partial charge in [-0.1, -0.05) is 15.9 Å². The van der Waals surface area contributed by atoms with Crippen LogP contribution in [0.15, 0.2) is 22.7 Å². The number of hydrogen-bond acceptors (Lipinski definition) is 4. The number of ether oxygens (including phenoxy) is 1. The number of rotatable bonds is 3. The third-order valence-electron chi connectivity index (χ3n) is 2.00. The second kappa shape index (κ2) is 5.14. The number of halogens is 1. The van der Waals surface area contributed by atoms with Gasteiger partial charge in [0, 0.05) is 16.1 Å². The highest BCUT2D eigenvalue weighted by Gasteiger charge is 2.15. The lowest BCUT2D eigenvalue weighted by molar-refractivity contribution is -0.141. The van der Waals surface area contributed by atoms with Gasteiger partial charge in [-0.25, -0.2) is 0 Å². The highest BCUT2D eigenvalue weighted by Crippen LogP contribution is 2.28. The molecule has 0 aliphatic carbocycles. The average molecular weight is 274 g/mol. The minimum Gasteiger partial charge on any atom is -0.508 e. The molecule has 0 bridgehead atoms. The molecule has 0 aliphatic rings. The van der Waals surface area contributed by atoms with Crippen LogP contribution in [0.5, 0.6) is 5.75 Å². The minimum atomic E-state index is -0.560. The number of esters is 1. The van der Waals surface area contributed by atoms with Gasteiger partial charge < -0.3 is 15.6 Å². The molecule has 0 radical (unpaired) electrons. The normalized spacial score (nSPS) is 12.2. The van der Waals surface area contributed by atoms with Crippen molar-refractivity contribution in [2.45, 2.75) is 12.5 Å². The van der Waals surface area contributed by atoms with Crippen molar-refractivity contribution >= 4 is 21.9 Å². The number of methoxy groups -OCH3 is 1. The Bertz CT molecular complexity index is 368. The molecule has 0 saturated heterocycles. The number of phenolic OH excluding ortho intramolecular Hbond substituents is 1. The van der Waals surface area contributed by atoms with Crippen LogP contribution in [0.1, 0.15) is 18.0 Å². The molecule has 5 heteroatoms. The largest absolute Gasteiger partial charge is 0.508 e. The van der Waals surface area contributed by atoms with Gasteiger partial charge in [-0.3, -0.25) is 4.79 Å². The molecule has 1 rings (SSSR count). The zero-order valence-electron chi connectivity index (χ0n) is 8.24. The van der Waals surface area contributed by atoms with Crippen LogP contribution in [0.3, 0.4) is 0 Å². The molecule has 3 N–H and O–H groups in total. The van der Waals surface area contributed by atoms with E-state index in [1.807, 2.05) is 0 Å². The average Bonchev–Trinajstić information content (AvgIpc) is 2.21. The standard InChI is InChI=1S/C10H12BrNO3/c1-15-10(14)5-8(12)7-4-6(11)2-3-9(7)13/h2-4,8,13H,5,12H2,1H3/t8-/m1/s1. The molecular formula is C10H12BrNO3. The molecule has 1 aromatic carbocycles. The highest BCUT2D eigenvalue weighted by molar-refractivity contribution is 9.10. The Morgan fingerprint density at radius 3 is 2.93 bits per heavy atom. The third kappa shape index (κ3) is 3.21. The van der Waals surface area contributed by atoms with Crippen molar-refractivity contribution in [1.29, 1.82) is 0 Å². The maximum atomic E-state index is 11.0. The summed E-state index contributed by atoms with van der Waals surface area (Å²) < 4.78 is 5.30. The Hall–Kier alpha value is -1.07. The molecule has 0 heterocycles. The van der Waals surface area contributed by atoms with Crippen LogP contribution in [0.2, 0.25) is 0 Å². The maximum absolute atomic E-state index is 11.0. The minimum absolute atomic E-state index is 0.0422. The first-order valence-corrected chi connectivity index (χ1v) is 5.14. The van der Waals surface area contributed by atoms with Crippen molar-refractivity contribution in [2.75, 3.05) is 7.11 Å². The van der Waals surface area contributed by atoms with E-state index < -0.39 is 12.0 Å².